The number of halogens is 2. The Morgan fingerprint density at radius 1 is 1.17 bits per heavy atom. The Morgan fingerprint density at radius 2 is 1.72 bits per heavy atom. The van der Waals surface area contributed by atoms with Crippen LogP contribution in [0.4, 0.5) is 8.78 Å². The van der Waals surface area contributed by atoms with Crippen molar-refractivity contribution in [2.75, 3.05) is 19.6 Å². The van der Waals surface area contributed by atoms with E-state index < -0.39 is 17.2 Å². The Balaban J connectivity index is 2.13. The molecule has 0 bridgehead atoms. The Morgan fingerprint density at radius 3 is 2.22 bits per heavy atom. The Kier molecular flexibility index (Phi) is 3.97. The molecule has 100 valence electrons. The lowest BCUT2D eigenvalue weighted by molar-refractivity contribution is -0.0262. The van der Waals surface area contributed by atoms with Crippen LogP contribution in [0.15, 0.2) is 18.2 Å². The van der Waals surface area contributed by atoms with Crippen LogP contribution in [0.2, 0.25) is 0 Å². The molecule has 0 aliphatic carbocycles. The zero-order valence-electron chi connectivity index (χ0n) is 10.6. The van der Waals surface area contributed by atoms with Crippen molar-refractivity contribution in [1.29, 1.82) is 0 Å². The summed E-state index contributed by atoms with van der Waals surface area (Å²) in [6.45, 7) is 4.65. The van der Waals surface area contributed by atoms with Crippen molar-refractivity contribution in [2.24, 2.45) is 0 Å². The first-order valence-corrected chi connectivity index (χ1v) is 6.45. The maximum absolute atomic E-state index is 13.2. The van der Waals surface area contributed by atoms with E-state index in [1.165, 1.54) is 12.1 Å². The Hall–Kier alpha value is -1.00. The molecule has 1 N–H and O–H groups in total. The minimum atomic E-state index is -1.09. The van der Waals surface area contributed by atoms with E-state index in [2.05, 4.69) is 11.8 Å². The average molecular weight is 255 g/mol. The van der Waals surface area contributed by atoms with Crippen molar-refractivity contribution < 1.29 is 13.9 Å². The molecule has 1 aliphatic heterocycles. The molecule has 1 aromatic rings. The van der Waals surface area contributed by atoms with E-state index in [1.807, 2.05) is 0 Å². The van der Waals surface area contributed by atoms with Crippen molar-refractivity contribution in [3.8, 4) is 0 Å². The molecule has 0 aromatic heterocycles. The van der Waals surface area contributed by atoms with E-state index in [0.717, 1.165) is 32.1 Å². The summed E-state index contributed by atoms with van der Waals surface area (Å²) in [5, 5.41) is 10.5. The van der Waals surface area contributed by atoms with Gasteiger partial charge in [0, 0.05) is 19.2 Å². The van der Waals surface area contributed by atoms with Gasteiger partial charge in [-0.05, 0) is 43.5 Å². The van der Waals surface area contributed by atoms with Crippen LogP contribution in [0, 0.1) is 11.6 Å². The van der Waals surface area contributed by atoms with E-state index in [1.54, 1.807) is 0 Å². The highest BCUT2D eigenvalue weighted by molar-refractivity contribution is 5.25. The summed E-state index contributed by atoms with van der Waals surface area (Å²) in [5.41, 5.74) is -0.733. The smallest absolute Gasteiger partial charge is 0.126 e. The molecular weight excluding hydrogens is 236 g/mol. The van der Waals surface area contributed by atoms with E-state index in [-0.39, 0.29) is 0 Å². The lowest BCUT2D eigenvalue weighted by Gasteiger charge is -2.38. The van der Waals surface area contributed by atoms with Crippen molar-refractivity contribution in [1.82, 2.24) is 4.90 Å². The lowest BCUT2D eigenvalue weighted by atomic mass is 9.84. The summed E-state index contributed by atoms with van der Waals surface area (Å²) < 4.78 is 26.4. The first kappa shape index (κ1) is 13.4. The van der Waals surface area contributed by atoms with Crippen molar-refractivity contribution in [3.63, 3.8) is 0 Å². The highest BCUT2D eigenvalue weighted by atomic mass is 19.1. The first-order valence-electron chi connectivity index (χ1n) is 6.45. The third-order valence-corrected chi connectivity index (χ3v) is 3.62. The fourth-order valence-corrected chi connectivity index (χ4v) is 2.57. The van der Waals surface area contributed by atoms with Gasteiger partial charge in [0.05, 0.1) is 5.60 Å². The van der Waals surface area contributed by atoms with Gasteiger partial charge in [0.1, 0.15) is 11.6 Å². The molecule has 1 heterocycles. The molecule has 1 fully saturated rings. The monoisotopic (exact) mass is 255 g/mol. The van der Waals surface area contributed by atoms with E-state index in [4.69, 9.17) is 0 Å². The van der Waals surface area contributed by atoms with Crippen LogP contribution in [0.3, 0.4) is 0 Å². The molecule has 2 nitrogen and oxygen atoms in total. The highest BCUT2D eigenvalue weighted by Gasteiger charge is 2.34. The van der Waals surface area contributed by atoms with Crippen LogP contribution < -0.4 is 0 Å². The van der Waals surface area contributed by atoms with Crippen molar-refractivity contribution in [3.05, 3.63) is 35.4 Å². The molecule has 4 heteroatoms. The summed E-state index contributed by atoms with van der Waals surface area (Å²) in [4.78, 5) is 2.27. The van der Waals surface area contributed by atoms with Gasteiger partial charge in [0.2, 0.25) is 0 Å². The Bertz CT molecular complexity index is 394. The summed E-state index contributed by atoms with van der Waals surface area (Å²) in [7, 11) is 0. The fraction of sp³-hybridized carbons (Fsp3) is 0.571. The van der Waals surface area contributed by atoms with Gasteiger partial charge in [-0.3, -0.25) is 0 Å². The van der Waals surface area contributed by atoms with Crippen LogP contribution in [0.5, 0.6) is 0 Å². The largest absolute Gasteiger partial charge is 0.385 e. The standard InChI is InChI=1S/C14H19F2NO/c1-2-5-17-6-3-14(18,4-7-17)11-8-12(15)10-13(16)9-11/h8-10,18H,2-7H2,1H3. The van der Waals surface area contributed by atoms with Gasteiger partial charge in [0.25, 0.3) is 0 Å². The van der Waals surface area contributed by atoms with Gasteiger partial charge in [-0.15, -0.1) is 0 Å². The van der Waals surface area contributed by atoms with Gasteiger partial charge < -0.3 is 10.0 Å². The number of likely N-dealkylation sites (tertiary alicyclic amines) is 1. The quantitative estimate of drug-likeness (QED) is 0.897. The molecule has 1 aliphatic rings. The molecule has 2 rings (SSSR count). The van der Waals surface area contributed by atoms with Gasteiger partial charge >= 0.3 is 0 Å². The number of benzene rings is 1. The molecule has 0 saturated carbocycles. The number of rotatable bonds is 3. The SMILES string of the molecule is CCCN1CCC(O)(c2cc(F)cc(F)c2)CC1. The zero-order valence-corrected chi connectivity index (χ0v) is 10.6. The van der Waals surface area contributed by atoms with Crippen LogP contribution in [0.1, 0.15) is 31.7 Å². The topological polar surface area (TPSA) is 23.5 Å². The normalized spacial score (nSPS) is 20.0. The van der Waals surface area contributed by atoms with Crippen molar-refractivity contribution >= 4 is 0 Å². The van der Waals surface area contributed by atoms with Gasteiger partial charge in [-0.1, -0.05) is 6.92 Å². The third-order valence-electron chi connectivity index (χ3n) is 3.62. The summed E-state index contributed by atoms with van der Waals surface area (Å²) in [6, 6.07) is 3.30. The van der Waals surface area contributed by atoms with Gasteiger partial charge in [-0.25, -0.2) is 8.78 Å². The van der Waals surface area contributed by atoms with E-state index in [0.29, 0.717) is 18.4 Å². The third kappa shape index (κ3) is 2.87. The van der Waals surface area contributed by atoms with E-state index >= 15 is 0 Å². The van der Waals surface area contributed by atoms with Crippen LogP contribution >= 0.6 is 0 Å². The highest BCUT2D eigenvalue weighted by Crippen LogP contribution is 2.33. The molecule has 0 atom stereocenters. The minimum absolute atomic E-state index is 0.358. The lowest BCUT2D eigenvalue weighted by Crippen LogP contribution is -2.42. The minimum Gasteiger partial charge on any atom is -0.385 e. The second-order valence-electron chi connectivity index (χ2n) is 5.03. The number of hydrogen-bond acceptors (Lipinski definition) is 2. The number of piperidine rings is 1. The molecular formula is C14H19F2NO. The predicted molar refractivity (Wildman–Crippen MR) is 66.2 cm³/mol. The maximum Gasteiger partial charge on any atom is 0.126 e. The summed E-state index contributed by atoms with van der Waals surface area (Å²) >= 11 is 0. The maximum atomic E-state index is 13.2. The van der Waals surface area contributed by atoms with Crippen LogP contribution in [-0.4, -0.2) is 29.6 Å². The average Bonchev–Trinajstić information content (AvgIpc) is 2.31. The van der Waals surface area contributed by atoms with Crippen LogP contribution in [0.25, 0.3) is 0 Å². The number of aliphatic hydroxyl groups is 1. The van der Waals surface area contributed by atoms with Crippen molar-refractivity contribution in [2.45, 2.75) is 31.8 Å². The molecule has 0 unspecified atom stereocenters. The van der Waals surface area contributed by atoms with Gasteiger partial charge in [0.15, 0.2) is 0 Å². The summed E-state index contributed by atoms with van der Waals surface area (Å²) in [5.74, 6) is -1.26. The zero-order chi connectivity index (χ0) is 13.2. The molecule has 0 radical (unpaired) electrons. The molecule has 18 heavy (non-hydrogen) atoms. The number of nitrogens with zero attached hydrogens (tertiary/aromatic N) is 1. The first-order chi connectivity index (χ1) is 8.53. The molecule has 1 aromatic carbocycles. The number of hydrogen-bond donors (Lipinski definition) is 1. The molecule has 1 saturated heterocycles. The van der Waals surface area contributed by atoms with Gasteiger partial charge in [-0.2, -0.15) is 0 Å². The fourth-order valence-electron chi connectivity index (χ4n) is 2.57. The molecule has 0 spiro atoms. The second kappa shape index (κ2) is 5.33. The van der Waals surface area contributed by atoms with Crippen LogP contribution in [-0.2, 0) is 5.60 Å². The molecule has 0 amide bonds. The second-order valence-corrected chi connectivity index (χ2v) is 5.03. The predicted octanol–water partition coefficient (Wildman–Crippen LogP) is 2.66. The van der Waals surface area contributed by atoms with E-state index in [9.17, 15) is 13.9 Å². The summed E-state index contributed by atoms with van der Waals surface area (Å²) in [6.07, 6.45) is 2.12. The Labute approximate surface area is 106 Å².